The van der Waals surface area contributed by atoms with Crippen molar-refractivity contribution in [2.45, 2.75) is 34.3 Å². The summed E-state index contributed by atoms with van der Waals surface area (Å²) in [5.41, 5.74) is 0.542. The summed E-state index contributed by atoms with van der Waals surface area (Å²) in [5.74, 6) is 0.725. The Balaban J connectivity index is -0.000000347. The number of para-hydroxylation sites is 1. The summed E-state index contributed by atoms with van der Waals surface area (Å²) in [6, 6.07) is 6.59. The minimum atomic E-state index is -2.44. The standard InChI is InChI=1S/C7H9O5P.C4H10O.C2H6.Y/c8-11-5-6-3-1-2-4-7(6)12-13(9)10;1-4(2)3-5;1-2;/h1-4,8-10H,5H2;4-5H,3H2,1-2H3;1-2H3;. The Kier molecular flexibility index (Phi) is 23.0. The van der Waals surface area contributed by atoms with Gasteiger partial charge in [-0.15, -0.1) is 0 Å². The Hall–Kier alpha value is 0.354. The zero-order valence-electron chi connectivity index (χ0n) is 12.9. The van der Waals surface area contributed by atoms with Gasteiger partial charge in [-0.25, -0.2) is 4.89 Å². The summed E-state index contributed by atoms with van der Waals surface area (Å²) in [4.78, 5) is 21.1. The fraction of sp³-hybridized carbons (Fsp3) is 0.538. The van der Waals surface area contributed by atoms with Crippen molar-refractivity contribution in [3.05, 3.63) is 29.8 Å². The molecule has 0 fully saturated rings. The molecule has 0 aliphatic carbocycles. The Morgan fingerprint density at radius 1 is 1.14 bits per heavy atom. The second-order valence-corrected chi connectivity index (χ2v) is 4.49. The molecule has 1 aromatic carbocycles. The van der Waals surface area contributed by atoms with Gasteiger partial charge in [-0.2, -0.15) is 0 Å². The van der Waals surface area contributed by atoms with E-state index in [4.69, 9.17) is 20.2 Å². The van der Waals surface area contributed by atoms with Crippen molar-refractivity contribution in [2.24, 2.45) is 5.92 Å². The minimum Gasteiger partial charge on any atom is -0.427 e. The first kappa shape index (κ1) is 26.3. The van der Waals surface area contributed by atoms with Gasteiger partial charge in [0.05, 0.1) is 0 Å². The van der Waals surface area contributed by atoms with E-state index in [0.29, 0.717) is 18.1 Å². The van der Waals surface area contributed by atoms with E-state index in [9.17, 15) is 0 Å². The molecule has 0 saturated heterocycles. The van der Waals surface area contributed by atoms with Crippen LogP contribution in [0.1, 0.15) is 33.3 Å². The first-order valence-electron chi connectivity index (χ1n) is 6.32. The van der Waals surface area contributed by atoms with Crippen LogP contribution >= 0.6 is 8.60 Å². The smallest absolute Gasteiger partial charge is 0.391 e. The quantitative estimate of drug-likeness (QED) is 0.347. The van der Waals surface area contributed by atoms with Crippen molar-refractivity contribution in [3.63, 3.8) is 0 Å². The predicted molar refractivity (Wildman–Crippen MR) is 79.1 cm³/mol. The van der Waals surface area contributed by atoms with E-state index in [1.807, 2.05) is 27.7 Å². The van der Waals surface area contributed by atoms with Crippen molar-refractivity contribution >= 4 is 8.60 Å². The van der Waals surface area contributed by atoms with Gasteiger partial charge in [0.1, 0.15) is 12.4 Å². The molecule has 0 amide bonds. The Morgan fingerprint density at radius 2 is 1.62 bits per heavy atom. The third kappa shape index (κ3) is 16.6. The van der Waals surface area contributed by atoms with Gasteiger partial charge in [0, 0.05) is 44.9 Å². The topological polar surface area (TPSA) is 99.4 Å². The molecule has 0 atom stereocenters. The van der Waals surface area contributed by atoms with Crippen LogP contribution in [0.15, 0.2) is 24.3 Å². The van der Waals surface area contributed by atoms with Gasteiger partial charge in [-0.05, 0) is 12.0 Å². The van der Waals surface area contributed by atoms with Crippen molar-refractivity contribution in [1.82, 2.24) is 0 Å². The van der Waals surface area contributed by atoms with Gasteiger partial charge in [0.2, 0.25) is 0 Å². The zero-order chi connectivity index (χ0) is 16.0. The average molecular weight is 397 g/mol. The van der Waals surface area contributed by atoms with Crippen LogP contribution < -0.4 is 4.52 Å². The molecular weight excluding hydrogens is 372 g/mol. The van der Waals surface area contributed by atoms with Gasteiger partial charge >= 0.3 is 8.60 Å². The second-order valence-electron chi connectivity index (χ2n) is 3.80. The molecule has 0 heterocycles. The number of aliphatic hydroxyl groups excluding tert-OH is 1. The third-order valence-electron chi connectivity index (χ3n) is 1.74. The summed E-state index contributed by atoms with van der Waals surface area (Å²) < 4.78 is 4.68. The van der Waals surface area contributed by atoms with Crippen molar-refractivity contribution in [1.29, 1.82) is 0 Å². The van der Waals surface area contributed by atoms with Gasteiger partial charge in [-0.1, -0.05) is 45.9 Å². The third-order valence-corrected chi connectivity index (χ3v) is 2.10. The molecule has 1 rings (SSSR count). The maximum atomic E-state index is 8.59. The predicted octanol–water partition coefficient (Wildman–Crippen LogP) is 2.92. The number of benzene rings is 1. The minimum absolute atomic E-state index is 0. The van der Waals surface area contributed by atoms with Crippen LogP contribution in [0.4, 0.5) is 0 Å². The number of hydrogen-bond donors (Lipinski definition) is 4. The zero-order valence-corrected chi connectivity index (χ0v) is 16.7. The number of hydrogen-bond acceptors (Lipinski definition) is 6. The largest absolute Gasteiger partial charge is 0.427 e. The van der Waals surface area contributed by atoms with Gasteiger partial charge in [0.15, 0.2) is 0 Å². The van der Waals surface area contributed by atoms with Crippen molar-refractivity contribution in [2.75, 3.05) is 6.61 Å². The van der Waals surface area contributed by atoms with E-state index in [-0.39, 0.29) is 45.1 Å². The summed E-state index contributed by atoms with van der Waals surface area (Å²) in [5, 5.41) is 16.3. The maximum absolute atomic E-state index is 8.59. The van der Waals surface area contributed by atoms with Crippen LogP contribution in [0.5, 0.6) is 5.75 Å². The molecule has 21 heavy (non-hydrogen) atoms. The molecule has 4 N–H and O–H groups in total. The molecule has 0 unspecified atom stereocenters. The molecule has 0 aliphatic heterocycles. The molecule has 8 heteroatoms. The first-order valence-corrected chi connectivity index (χ1v) is 7.48. The monoisotopic (exact) mass is 397 g/mol. The van der Waals surface area contributed by atoms with Crippen LogP contribution in [0, 0.1) is 5.92 Å². The van der Waals surface area contributed by atoms with Crippen LogP contribution in [-0.2, 0) is 44.2 Å². The van der Waals surface area contributed by atoms with E-state index in [2.05, 4.69) is 9.41 Å². The molecule has 1 aromatic rings. The Labute approximate surface area is 152 Å². The summed E-state index contributed by atoms with van der Waals surface area (Å²) >= 11 is 0. The fourth-order valence-electron chi connectivity index (χ4n) is 0.870. The van der Waals surface area contributed by atoms with E-state index < -0.39 is 8.60 Å². The Morgan fingerprint density at radius 3 is 2.00 bits per heavy atom. The van der Waals surface area contributed by atoms with E-state index in [0.717, 1.165) is 0 Å². The second kappa shape index (κ2) is 18.4. The molecule has 1 radical (unpaired) electrons. The van der Waals surface area contributed by atoms with E-state index in [1.54, 1.807) is 24.3 Å². The molecule has 121 valence electrons. The molecule has 0 bridgehead atoms. The normalized spacial score (nSPS) is 9.05. The summed E-state index contributed by atoms with van der Waals surface area (Å²) in [7, 11) is -2.44. The van der Waals surface area contributed by atoms with Crippen LogP contribution in [0.3, 0.4) is 0 Å². The average Bonchev–Trinajstić information content (AvgIpc) is 2.43. The summed E-state index contributed by atoms with van der Waals surface area (Å²) in [6.45, 7) is 8.19. The number of rotatable bonds is 5. The van der Waals surface area contributed by atoms with Gasteiger partial charge in [0.25, 0.3) is 0 Å². The first-order chi connectivity index (χ1) is 9.51. The Bertz CT molecular complexity index is 325. The molecule has 0 aromatic heterocycles. The van der Waals surface area contributed by atoms with E-state index >= 15 is 0 Å². The van der Waals surface area contributed by atoms with Crippen molar-refractivity contribution < 1.29 is 62.3 Å². The number of aliphatic hydroxyl groups is 1. The van der Waals surface area contributed by atoms with Crippen LogP contribution in [0.2, 0.25) is 0 Å². The molecular formula is C13H25O6PY. The molecule has 0 saturated carbocycles. The summed E-state index contributed by atoms with van der Waals surface area (Å²) in [6.07, 6.45) is 0. The molecule has 6 nitrogen and oxygen atoms in total. The SMILES string of the molecule is CC.CC(C)CO.OOCc1ccccc1OP(O)O.[Y]. The van der Waals surface area contributed by atoms with Crippen LogP contribution in [0.25, 0.3) is 0 Å². The van der Waals surface area contributed by atoms with Gasteiger partial charge in [-0.3, -0.25) is 5.26 Å². The maximum Gasteiger partial charge on any atom is 0.391 e. The molecule has 0 spiro atoms. The van der Waals surface area contributed by atoms with E-state index in [1.165, 1.54) is 0 Å². The molecule has 0 aliphatic rings. The van der Waals surface area contributed by atoms with Crippen molar-refractivity contribution in [3.8, 4) is 5.75 Å². The van der Waals surface area contributed by atoms with Crippen LogP contribution in [-0.4, -0.2) is 26.8 Å². The van der Waals surface area contributed by atoms with Gasteiger partial charge < -0.3 is 19.4 Å². The fourth-order valence-corrected chi connectivity index (χ4v) is 1.22.